The van der Waals surface area contributed by atoms with Gasteiger partial charge in [-0.25, -0.2) is 4.98 Å². The Balaban J connectivity index is 1.65. The second kappa shape index (κ2) is 7.78. The molecular weight excluding hydrogens is 361 g/mol. The Kier molecular flexibility index (Phi) is 5.65. The first-order valence-corrected chi connectivity index (χ1v) is 9.60. The molecule has 1 amide bonds. The van der Waals surface area contributed by atoms with Gasteiger partial charge in [0.05, 0.1) is 17.7 Å². The van der Waals surface area contributed by atoms with E-state index < -0.39 is 11.7 Å². The van der Waals surface area contributed by atoms with E-state index in [4.69, 9.17) is 0 Å². The second-order valence-electron chi connectivity index (χ2n) is 6.81. The summed E-state index contributed by atoms with van der Waals surface area (Å²) in [6.07, 6.45) is -0.895. The fourth-order valence-corrected chi connectivity index (χ4v) is 3.93. The number of likely N-dealkylation sites (tertiary alicyclic amines) is 1. The average Bonchev–Trinajstić information content (AvgIpc) is 2.94. The van der Waals surface area contributed by atoms with Crippen LogP contribution in [0.15, 0.2) is 29.6 Å². The van der Waals surface area contributed by atoms with Gasteiger partial charge >= 0.3 is 6.18 Å². The van der Waals surface area contributed by atoms with Crippen molar-refractivity contribution in [1.82, 2.24) is 9.88 Å². The van der Waals surface area contributed by atoms with E-state index in [0.717, 1.165) is 44.5 Å². The molecule has 7 heteroatoms. The molecule has 1 aromatic heterocycles. The van der Waals surface area contributed by atoms with Crippen LogP contribution in [0.2, 0.25) is 0 Å². The third-order valence-corrected chi connectivity index (χ3v) is 5.65. The van der Waals surface area contributed by atoms with Gasteiger partial charge in [-0.3, -0.25) is 4.79 Å². The zero-order chi connectivity index (χ0) is 18.7. The van der Waals surface area contributed by atoms with Gasteiger partial charge in [-0.2, -0.15) is 13.2 Å². The lowest BCUT2D eigenvalue weighted by Gasteiger charge is -2.19. The van der Waals surface area contributed by atoms with Crippen molar-refractivity contribution in [3.05, 3.63) is 40.9 Å². The topological polar surface area (TPSA) is 33.2 Å². The van der Waals surface area contributed by atoms with Crippen molar-refractivity contribution in [2.45, 2.75) is 38.8 Å². The molecule has 2 aromatic rings. The summed E-state index contributed by atoms with van der Waals surface area (Å²) in [4.78, 5) is 18.8. The van der Waals surface area contributed by atoms with Crippen LogP contribution in [0.25, 0.3) is 10.6 Å². The highest BCUT2D eigenvalue weighted by Gasteiger charge is 2.30. The van der Waals surface area contributed by atoms with Crippen LogP contribution in [0.3, 0.4) is 0 Å². The highest BCUT2D eigenvalue weighted by Crippen LogP contribution is 2.31. The van der Waals surface area contributed by atoms with Gasteiger partial charge < -0.3 is 4.90 Å². The van der Waals surface area contributed by atoms with E-state index in [1.54, 1.807) is 0 Å². The molecule has 0 bridgehead atoms. The fourth-order valence-electron chi connectivity index (χ4n) is 3.10. The van der Waals surface area contributed by atoms with E-state index in [0.29, 0.717) is 22.2 Å². The molecule has 1 aliphatic rings. The van der Waals surface area contributed by atoms with E-state index in [-0.39, 0.29) is 12.3 Å². The minimum atomic E-state index is -4.34. The summed E-state index contributed by atoms with van der Waals surface area (Å²) in [6, 6.07) is 4.95. The van der Waals surface area contributed by atoms with Crippen LogP contribution < -0.4 is 0 Å². The third kappa shape index (κ3) is 4.63. The highest BCUT2D eigenvalue weighted by molar-refractivity contribution is 7.13. The van der Waals surface area contributed by atoms with Gasteiger partial charge in [-0.05, 0) is 37.3 Å². The van der Waals surface area contributed by atoms with E-state index >= 15 is 0 Å². The van der Waals surface area contributed by atoms with Crippen molar-refractivity contribution in [2.24, 2.45) is 5.92 Å². The number of hydrogen-bond donors (Lipinski definition) is 0. The maximum absolute atomic E-state index is 12.6. The molecule has 1 atom stereocenters. The Morgan fingerprint density at radius 3 is 2.65 bits per heavy atom. The number of aromatic nitrogens is 1. The zero-order valence-corrected chi connectivity index (χ0v) is 15.4. The van der Waals surface area contributed by atoms with Crippen molar-refractivity contribution in [3.63, 3.8) is 0 Å². The third-order valence-electron chi connectivity index (χ3n) is 4.71. The van der Waals surface area contributed by atoms with E-state index in [1.165, 1.54) is 23.5 Å². The van der Waals surface area contributed by atoms with Crippen LogP contribution in [-0.4, -0.2) is 28.9 Å². The van der Waals surface area contributed by atoms with Crippen LogP contribution in [0, 0.1) is 5.92 Å². The molecule has 1 aromatic carbocycles. The minimum absolute atomic E-state index is 0.0726. The van der Waals surface area contributed by atoms with Crippen LogP contribution in [0.4, 0.5) is 13.2 Å². The number of hydrogen-bond acceptors (Lipinski definition) is 3. The summed E-state index contributed by atoms with van der Waals surface area (Å²) in [6.45, 7) is 3.79. The van der Waals surface area contributed by atoms with Crippen molar-refractivity contribution in [2.75, 3.05) is 13.1 Å². The summed E-state index contributed by atoms with van der Waals surface area (Å²) in [5.41, 5.74) is 0.626. The minimum Gasteiger partial charge on any atom is -0.342 e. The molecule has 1 aliphatic heterocycles. The lowest BCUT2D eigenvalue weighted by atomic mass is 10.0. The van der Waals surface area contributed by atoms with E-state index in [2.05, 4.69) is 11.9 Å². The van der Waals surface area contributed by atoms with Crippen molar-refractivity contribution in [3.8, 4) is 10.6 Å². The summed E-state index contributed by atoms with van der Waals surface area (Å²) in [7, 11) is 0. The Hall–Kier alpha value is -1.89. The molecule has 26 heavy (non-hydrogen) atoms. The van der Waals surface area contributed by atoms with Gasteiger partial charge in [0.25, 0.3) is 0 Å². The number of rotatable bonds is 3. The lowest BCUT2D eigenvalue weighted by Crippen LogP contribution is -2.33. The molecule has 140 valence electrons. The van der Waals surface area contributed by atoms with Gasteiger partial charge in [0, 0.05) is 24.0 Å². The quantitative estimate of drug-likeness (QED) is 0.747. The SMILES string of the molecule is CC1CCCN(C(=O)Cc2csc(-c3ccc(C(F)(F)F)cc3)n2)CC1. The van der Waals surface area contributed by atoms with Gasteiger partial charge in [0.2, 0.25) is 5.91 Å². The number of carbonyl (C=O) groups is 1. The van der Waals surface area contributed by atoms with E-state index in [1.807, 2.05) is 10.3 Å². The van der Waals surface area contributed by atoms with E-state index in [9.17, 15) is 18.0 Å². The fraction of sp³-hybridized carbons (Fsp3) is 0.474. The molecule has 0 N–H and O–H groups in total. The zero-order valence-electron chi connectivity index (χ0n) is 14.6. The predicted molar refractivity (Wildman–Crippen MR) is 95.9 cm³/mol. The smallest absolute Gasteiger partial charge is 0.342 e. The number of halogens is 3. The number of benzene rings is 1. The summed E-state index contributed by atoms with van der Waals surface area (Å²) >= 11 is 1.35. The van der Waals surface area contributed by atoms with Crippen molar-refractivity contribution >= 4 is 17.2 Å². The monoisotopic (exact) mass is 382 g/mol. The van der Waals surface area contributed by atoms with Crippen LogP contribution in [-0.2, 0) is 17.4 Å². The maximum atomic E-state index is 12.6. The standard InChI is InChI=1S/C19H21F3N2OS/c1-13-3-2-9-24(10-8-13)17(25)11-16-12-26-18(23-16)14-4-6-15(7-5-14)19(20,21)22/h4-7,12-13H,2-3,8-11H2,1H3. The molecule has 0 saturated carbocycles. The maximum Gasteiger partial charge on any atom is 0.416 e. The molecule has 1 saturated heterocycles. The Labute approximate surface area is 154 Å². The van der Waals surface area contributed by atoms with Crippen LogP contribution >= 0.6 is 11.3 Å². The largest absolute Gasteiger partial charge is 0.416 e. The number of carbonyl (C=O) groups excluding carboxylic acids is 1. The number of alkyl halides is 3. The van der Waals surface area contributed by atoms with Gasteiger partial charge in [0.1, 0.15) is 5.01 Å². The van der Waals surface area contributed by atoms with Crippen molar-refractivity contribution in [1.29, 1.82) is 0 Å². The first-order chi connectivity index (χ1) is 12.3. The first-order valence-electron chi connectivity index (χ1n) is 8.73. The van der Waals surface area contributed by atoms with Gasteiger partial charge in [0.15, 0.2) is 0 Å². The van der Waals surface area contributed by atoms with Crippen LogP contribution in [0.1, 0.15) is 37.4 Å². The molecule has 0 aliphatic carbocycles. The number of amides is 1. The number of nitrogens with zero attached hydrogens (tertiary/aromatic N) is 2. The summed E-state index contributed by atoms with van der Waals surface area (Å²) < 4.78 is 37.9. The predicted octanol–water partition coefficient (Wildman–Crippen LogP) is 5.02. The number of thiazole rings is 1. The molecule has 0 radical (unpaired) electrons. The lowest BCUT2D eigenvalue weighted by molar-refractivity contribution is -0.137. The molecule has 2 heterocycles. The molecule has 3 nitrogen and oxygen atoms in total. The normalized spacial score (nSPS) is 18.6. The highest BCUT2D eigenvalue weighted by atomic mass is 32.1. The second-order valence-corrected chi connectivity index (χ2v) is 7.67. The molecular formula is C19H21F3N2OS. The molecule has 3 rings (SSSR count). The Morgan fingerprint density at radius 2 is 1.96 bits per heavy atom. The average molecular weight is 382 g/mol. The van der Waals surface area contributed by atoms with Gasteiger partial charge in [-0.15, -0.1) is 11.3 Å². The van der Waals surface area contributed by atoms with Gasteiger partial charge in [-0.1, -0.05) is 19.1 Å². The first kappa shape index (κ1) is 18.9. The Morgan fingerprint density at radius 1 is 1.23 bits per heavy atom. The molecule has 1 fully saturated rings. The van der Waals surface area contributed by atoms with Crippen molar-refractivity contribution < 1.29 is 18.0 Å². The Bertz CT molecular complexity index is 755. The molecule has 1 unspecified atom stereocenters. The molecule has 0 spiro atoms. The summed E-state index contributed by atoms with van der Waals surface area (Å²) in [5, 5.41) is 2.44. The summed E-state index contributed by atoms with van der Waals surface area (Å²) in [5.74, 6) is 0.724. The van der Waals surface area contributed by atoms with Crippen LogP contribution in [0.5, 0.6) is 0 Å².